The van der Waals surface area contributed by atoms with E-state index >= 15 is 0 Å². The van der Waals surface area contributed by atoms with Gasteiger partial charge < -0.3 is 9.64 Å². The number of ether oxygens (including phenoxy) is 1. The number of nitrogens with zero attached hydrogens (tertiary/aromatic N) is 5. The predicted molar refractivity (Wildman–Crippen MR) is 126 cm³/mol. The summed E-state index contributed by atoms with van der Waals surface area (Å²) >= 11 is 0. The number of methoxy groups -OCH3 is 1. The zero-order chi connectivity index (χ0) is 25.6. The summed E-state index contributed by atoms with van der Waals surface area (Å²) in [6.07, 6.45) is -2.03. The van der Waals surface area contributed by atoms with Gasteiger partial charge in [0.05, 0.1) is 36.6 Å². The summed E-state index contributed by atoms with van der Waals surface area (Å²) in [4.78, 5) is 23.0. The maximum absolute atomic E-state index is 14.6. The van der Waals surface area contributed by atoms with E-state index in [0.29, 0.717) is 42.0 Å². The Morgan fingerprint density at radius 2 is 1.86 bits per heavy atom. The largest absolute Gasteiger partial charge is 0.494 e. The van der Waals surface area contributed by atoms with Crippen LogP contribution in [0.3, 0.4) is 0 Å². The zero-order valence-electron chi connectivity index (χ0n) is 19.6. The molecule has 1 aliphatic heterocycles. The first-order valence-corrected chi connectivity index (χ1v) is 11.4. The highest BCUT2D eigenvalue weighted by Crippen LogP contribution is 2.35. The number of anilines is 1. The molecular weight excluding hydrogens is 478 g/mol. The first-order chi connectivity index (χ1) is 17.2. The van der Waals surface area contributed by atoms with E-state index in [0.717, 1.165) is 18.0 Å². The first kappa shape index (κ1) is 23.8. The molecule has 0 radical (unpaired) electrons. The Bertz CT molecular complexity index is 1470. The summed E-state index contributed by atoms with van der Waals surface area (Å²) in [5, 5.41) is 0. The Morgan fingerprint density at radius 1 is 1.11 bits per heavy atom. The van der Waals surface area contributed by atoms with E-state index in [1.165, 1.54) is 17.7 Å². The molecule has 188 valence electrons. The molecule has 1 unspecified atom stereocenters. The second-order valence-electron chi connectivity index (χ2n) is 8.71. The minimum absolute atomic E-state index is 0.323. The number of fused-ring (bicyclic) bond motifs is 1. The third kappa shape index (κ3) is 3.98. The molecule has 1 aliphatic rings. The van der Waals surface area contributed by atoms with Gasteiger partial charge in [-0.25, -0.2) is 14.2 Å². The van der Waals surface area contributed by atoms with Gasteiger partial charge in [-0.3, -0.25) is 14.1 Å². The third-order valence-electron chi connectivity index (χ3n) is 6.55. The van der Waals surface area contributed by atoms with E-state index in [2.05, 4.69) is 9.97 Å². The highest BCUT2D eigenvalue weighted by atomic mass is 19.4. The monoisotopic (exact) mass is 501 g/mol. The van der Waals surface area contributed by atoms with Crippen LogP contribution in [0.15, 0.2) is 53.6 Å². The Kier molecular flexibility index (Phi) is 5.93. The van der Waals surface area contributed by atoms with Crippen LogP contribution in [0.25, 0.3) is 11.0 Å². The van der Waals surface area contributed by atoms with Crippen molar-refractivity contribution in [1.29, 1.82) is 0 Å². The maximum atomic E-state index is 14.6. The molecule has 2 aromatic carbocycles. The molecule has 0 N–H and O–H groups in total. The molecule has 0 amide bonds. The predicted octanol–water partition coefficient (Wildman–Crippen LogP) is 4.57. The van der Waals surface area contributed by atoms with Crippen molar-refractivity contribution < 1.29 is 22.3 Å². The lowest BCUT2D eigenvalue weighted by Gasteiger charge is -2.21. The van der Waals surface area contributed by atoms with E-state index in [4.69, 9.17) is 4.74 Å². The van der Waals surface area contributed by atoms with Crippen LogP contribution in [-0.2, 0) is 12.7 Å². The smallest absolute Gasteiger partial charge is 0.435 e. The van der Waals surface area contributed by atoms with Crippen molar-refractivity contribution >= 4 is 16.7 Å². The van der Waals surface area contributed by atoms with Gasteiger partial charge in [-0.05, 0) is 37.1 Å². The fourth-order valence-corrected chi connectivity index (χ4v) is 5.02. The minimum Gasteiger partial charge on any atom is -0.494 e. The molecule has 7 nitrogen and oxygen atoms in total. The number of benzene rings is 2. The van der Waals surface area contributed by atoms with Crippen molar-refractivity contribution in [2.24, 2.45) is 0 Å². The van der Waals surface area contributed by atoms with Crippen molar-refractivity contribution in [2.45, 2.75) is 32.1 Å². The van der Waals surface area contributed by atoms with E-state index in [9.17, 15) is 22.4 Å². The minimum atomic E-state index is -4.72. The Labute approximate surface area is 203 Å². The van der Waals surface area contributed by atoms with E-state index in [1.54, 1.807) is 28.8 Å². The number of aryl methyl sites for hydroxylation is 1. The topological polar surface area (TPSA) is 65.2 Å². The van der Waals surface area contributed by atoms with Gasteiger partial charge in [0.15, 0.2) is 5.69 Å². The van der Waals surface area contributed by atoms with Crippen LogP contribution >= 0.6 is 0 Å². The van der Waals surface area contributed by atoms with Gasteiger partial charge in [-0.15, -0.1) is 0 Å². The quantitative estimate of drug-likeness (QED) is 0.375. The summed E-state index contributed by atoms with van der Waals surface area (Å²) < 4.78 is 63.6. The van der Waals surface area contributed by atoms with Crippen LogP contribution in [0, 0.1) is 12.7 Å². The van der Waals surface area contributed by atoms with Gasteiger partial charge in [0.1, 0.15) is 17.1 Å². The standard InChI is InChI=1S/C25H23F4N5O2/c1-15-5-3-6-17(26)21(15)32-12-9-16(13-32)34-19-7-4-8-20(36-2)22(19)33(24(34)35)14-18-23(25(27,28)29)31-11-10-30-18/h3-8,10-11,16H,9,12-14H2,1-2H3. The Balaban J connectivity index is 1.61. The highest BCUT2D eigenvalue weighted by molar-refractivity contribution is 5.83. The molecule has 1 saturated heterocycles. The van der Waals surface area contributed by atoms with E-state index < -0.39 is 24.1 Å². The Hall–Kier alpha value is -3.89. The number of para-hydroxylation sites is 2. The van der Waals surface area contributed by atoms with Crippen LogP contribution in [0.4, 0.5) is 23.2 Å². The fraction of sp³-hybridized carbons (Fsp3) is 0.320. The van der Waals surface area contributed by atoms with Crippen LogP contribution in [-0.4, -0.2) is 39.3 Å². The molecular formula is C25H23F4N5O2. The zero-order valence-corrected chi connectivity index (χ0v) is 19.6. The van der Waals surface area contributed by atoms with E-state index in [1.807, 2.05) is 17.9 Å². The third-order valence-corrected chi connectivity index (χ3v) is 6.55. The lowest BCUT2D eigenvalue weighted by Crippen LogP contribution is -2.30. The number of hydrogen-bond donors (Lipinski definition) is 0. The molecule has 0 spiro atoms. The number of rotatable bonds is 5. The van der Waals surface area contributed by atoms with Gasteiger partial charge in [0, 0.05) is 25.5 Å². The summed E-state index contributed by atoms with van der Waals surface area (Å²) in [6, 6.07) is 9.65. The van der Waals surface area contributed by atoms with Crippen LogP contribution in [0.5, 0.6) is 5.75 Å². The van der Waals surface area contributed by atoms with Crippen molar-refractivity contribution in [2.75, 3.05) is 25.1 Å². The maximum Gasteiger partial charge on any atom is 0.435 e. The normalized spacial score (nSPS) is 16.2. The molecule has 0 aliphatic carbocycles. The van der Waals surface area contributed by atoms with Crippen LogP contribution in [0.1, 0.15) is 29.4 Å². The first-order valence-electron chi connectivity index (χ1n) is 11.4. The summed E-state index contributed by atoms with van der Waals surface area (Å²) in [7, 11) is 1.43. The lowest BCUT2D eigenvalue weighted by molar-refractivity contribution is -0.142. The van der Waals surface area contributed by atoms with Crippen molar-refractivity contribution in [1.82, 2.24) is 19.1 Å². The molecule has 4 aromatic rings. The summed E-state index contributed by atoms with van der Waals surface area (Å²) in [5.74, 6) is 0.00928. The van der Waals surface area contributed by atoms with E-state index in [-0.39, 0.29) is 17.6 Å². The molecule has 11 heteroatoms. The van der Waals surface area contributed by atoms with Gasteiger partial charge in [0.25, 0.3) is 0 Å². The van der Waals surface area contributed by atoms with Gasteiger partial charge in [-0.2, -0.15) is 13.2 Å². The number of hydrogen-bond acceptors (Lipinski definition) is 5. The molecule has 5 rings (SSSR count). The van der Waals surface area contributed by atoms with Crippen LogP contribution in [0.2, 0.25) is 0 Å². The average Bonchev–Trinajstić information content (AvgIpc) is 3.41. The van der Waals surface area contributed by atoms with Gasteiger partial charge in [-0.1, -0.05) is 18.2 Å². The molecule has 1 fully saturated rings. The number of halogens is 4. The Morgan fingerprint density at radius 3 is 2.58 bits per heavy atom. The highest BCUT2D eigenvalue weighted by Gasteiger charge is 2.37. The number of imidazole rings is 1. The summed E-state index contributed by atoms with van der Waals surface area (Å²) in [6.45, 7) is 2.29. The average molecular weight is 501 g/mol. The van der Waals surface area contributed by atoms with Gasteiger partial charge >= 0.3 is 11.9 Å². The second kappa shape index (κ2) is 8.96. The molecule has 3 heterocycles. The van der Waals surface area contributed by atoms with Gasteiger partial charge in [0.2, 0.25) is 0 Å². The fourth-order valence-electron chi connectivity index (χ4n) is 5.02. The molecule has 0 saturated carbocycles. The van der Waals surface area contributed by atoms with Crippen molar-refractivity contribution in [3.63, 3.8) is 0 Å². The SMILES string of the molecule is COc1cccc2c1n(Cc1nccnc1C(F)(F)F)c(=O)n2C1CCN(c2c(C)cccc2F)C1. The number of aromatic nitrogens is 4. The molecule has 36 heavy (non-hydrogen) atoms. The van der Waals surface area contributed by atoms with Crippen LogP contribution < -0.4 is 15.3 Å². The second-order valence-corrected chi connectivity index (χ2v) is 8.71. The summed E-state index contributed by atoms with van der Waals surface area (Å²) in [5.41, 5.74) is 0.156. The lowest BCUT2D eigenvalue weighted by atomic mass is 10.2. The molecule has 1 atom stereocenters. The van der Waals surface area contributed by atoms with Crippen molar-refractivity contribution in [3.05, 3.63) is 82.0 Å². The number of alkyl halides is 3. The molecule has 2 aromatic heterocycles. The molecule has 0 bridgehead atoms. The van der Waals surface area contributed by atoms with Crippen molar-refractivity contribution in [3.8, 4) is 5.75 Å².